The first-order chi connectivity index (χ1) is 9.67. The van der Waals surface area contributed by atoms with Crippen LogP contribution in [0.4, 0.5) is 11.4 Å². The van der Waals surface area contributed by atoms with Crippen molar-refractivity contribution < 1.29 is 14.3 Å². The van der Waals surface area contributed by atoms with Crippen LogP contribution in [0.1, 0.15) is 12.8 Å². The number of anilines is 2. The summed E-state index contributed by atoms with van der Waals surface area (Å²) in [5.41, 5.74) is 6.92. The lowest BCUT2D eigenvalue weighted by Gasteiger charge is -2.10. The standard InChI is InChI=1S/C14H22N2O3S/c1-18-7-3-8-20-9-6-14(17)16-12-5-4-11(15)10-13(12)19-2/h4-5,10H,3,6-9,15H2,1-2H3,(H,16,17). The number of rotatable bonds is 9. The Bertz CT molecular complexity index is 427. The van der Waals surface area contributed by atoms with Crippen LogP contribution in [0.3, 0.4) is 0 Å². The number of nitrogens with two attached hydrogens (primary N) is 1. The number of hydrogen-bond acceptors (Lipinski definition) is 5. The molecular weight excluding hydrogens is 276 g/mol. The van der Waals surface area contributed by atoms with Crippen LogP contribution in [-0.2, 0) is 9.53 Å². The molecule has 0 aliphatic rings. The lowest BCUT2D eigenvalue weighted by Crippen LogP contribution is -2.13. The first-order valence-electron chi connectivity index (χ1n) is 6.47. The Morgan fingerprint density at radius 3 is 2.85 bits per heavy atom. The van der Waals surface area contributed by atoms with Crippen molar-refractivity contribution in [2.75, 3.05) is 43.4 Å². The molecule has 20 heavy (non-hydrogen) atoms. The molecule has 1 aromatic rings. The van der Waals surface area contributed by atoms with Crippen LogP contribution in [0, 0.1) is 0 Å². The van der Waals surface area contributed by atoms with Crippen molar-refractivity contribution in [3.63, 3.8) is 0 Å². The Hall–Kier alpha value is -1.40. The lowest BCUT2D eigenvalue weighted by molar-refractivity contribution is -0.115. The fourth-order valence-electron chi connectivity index (χ4n) is 1.60. The first kappa shape index (κ1) is 16.7. The normalized spacial score (nSPS) is 10.3. The number of benzene rings is 1. The highest BCUT2D eigenvalue weighted by molar-refractivity contribution is 7.99. The highest BCUT2D eigenvalue weighted by Crippen LogP contribution is 2.26. The first-order valence-corrected chi connectivity index (χ1v) is 7.63. The number of carbonyl (C=O) groups excluding carboxylic acids is 1. The van der Waals surface area contributed by atoms with Gasteiger partial charge in [0.05, 0.1) is 12.8 Å². The van der Waals surface area contributed by atoms with Gasteiger partial charge in [-0.1, -0.05) is 0 Å². The Morgan fingerprint density at radius 2 is 2.15 bits per heavy atom. The van der Waals surface area contributed by atoms with Gasteiger partial charge in [-0.3, -0.25) is 4.79 Å². The summed E-state index contributed by atoms with van der Waals surface area (Å²) >= 11 is 1.75. The molecular formula is C14H22N2O3S. The minimum Gasteiger partial charge on any atom is -0.494 e. The molecule has 3 N–H and O–H groups in total. The van der Waals surface area contributed by atoms with Crippen LogP contribution in [0.5, 0.6) is 5.75 Å². The number of amides is 1. The van der Waals surface area contributed by atoms with E-state index in [1.165, 1.54) is 0 Å². The van der Waals surface area contributed by atoms with Gasteiger partial charge in [-0.2, -0.15) is 11.8 Å². The van der Waals surface area contributed by atoms with E-state index in [0.29, 0.717) is 23.5 Å². The van der Waals surface area contributed by atoms with Gasteiger partial charge in [0.2, 0.25) is 5.91 Å². The number of carbonyl (C=O) groups is 1. The molecule has 1 amide bonds. The van der Waals surface area contributed by atoms with Crippen LogP contribution in [0.2, 0.25) is 0 Å². The Morgan fingerprint density at radius 1 is 1.35 bits per heavy atom. The Labute approximate surface area is 124 Å². The van der Waals surface area contributed by atoms with E-state index in [4.69, 9.17) is 15.2 Å². The third kappa shape index (κ3) is 6.16. The second kappa shape index (κ2) is 9.50. The number of nitrogens with one attached hydrogen (secondary N) is 1. The molecule has 0 aliphatic heterocycles. The molecule has 112 valence electrons. The largest absolute Gasteiger partial charge is 0.494 e. The SMILES string of the molecule is COCCCSCCC(=O)Nc1ccc(N)cc1OC. The van der Waals surface area contributed by atoms with Crippen LogP contribution in [0.15, 0.2) is 18.2 Å². The van der Waals surface area contributed by atoms with Gasteiger partial charge in [-0.25, -0.2) is 0 Å². The smallest absolute Gasteiger partial charge is 0.225 e. The molecule has 6 heteroatoms. The highest BCUT2D eigenvalue weighted by Gasteiger charge is 2.07. The van der Waals surface area contributed by atoms with Gasteiger partial charge >= 0.3 is 0 Å². The van der Waals surface area contributed by atoms with E-state index in [-0.39, 0.29) is 5.91 Å². The molecule has 1 aromatic carbocycles. The maximum absolute atomic E-state index is 11.8. The lowest BCUT2D eigenvalue weighted by atomic mass is 10.2. The maximum atomic E-state index is 11.8. The van der Waals surface area contributed by atoms with Crippen LogP contribution in [0.25, 0.3) is 0 Å². The van der Waals surface area contributed by atoms with Crippen LogP contribution in [-0.4, -0.2) is 38.2 Å². The quantitative estimate of drug-likeness (QED) is 0.541. The van der Waals surface area contributed by atoms with Crippen molar-refractivity contribution in [2.45, 2.75) is 12.8 Å². The van der Waals surface area contributed by atoms with E-state index in [2.05, 4.69) is 5.32 Å². The predicted octanol–water partition coefficient (Wildman–Crippen LogP) is 2.38. The van der Waals surface area contributed by atoms with Crippen molar-refractivity contribution in [3.05, 3.63) is 18.2 Å². The van der Waals surface area contributed by atoms with E-state index in [9.17, 15) is 4.79 Å². The number of hydrogen-bond donors (Lipinski definition) is 2. The number of methoxy groups -OCH3 is 2. The van der Waals surface area contributed by atoms with E-state index >= 15 is 0 Å². The van der Waals surface area contributed by atoms with Crippen molar-refractivity contribution in [1.82, 2.24) is 0 Å². The number of thioether (sulfide) groups is 1. The molecule has 0 aromatic heterocycles. The van der Waals surface area contributed by atoms with Gasteiger partial charge in [-0.15, -0.1) is 0 Å². The Balaban J connectivity index is 2.32. The van der Waals surface area contributed by atoms with Crippen molar-refractivity contribution in [2.24, 2.45) is 0 Å². The zero-order valence-electron chi connectivity index (χ0n) is 12.0. The minimum atomic E-state index is -0.0210. The average molecular weight is 298 g/mol. The molecule has 0 heterocycles. The van der Waals surface area contributed by atoms with E-state index < -0.39 is 0 Å². The molecule has 0 bridgehead atoms. The number of nitrogen functional groups attached to an aromatic ring is 1. The number of ether oxygens (including phenoxy) is 2. The zero-order valence-corrected chi connectivity index (χ0v) is 12.8. The minimum absolute atomic E-state index is 0.0210. The molecule has 0 fully saturated rings. The van der Waals surface area contributed by atoms with Gasteiger partial charge in [0.1, 0.15) is 5.75 Å². The predicted molar refractivity (Wildman–Crippen MR) is 84.5 cm³/mol. The summed E-state index contributed by atoms with van der Waals surface area (Å²) in [7, 11) is 3.24. The van der Waals surface area contributed by atoms with Gasteiger partial charge in [0.15, 0.2) is 0 Å². The average Bonchev–Trinajstić information content (AvgIpc) is 2.44. The molecule has 5 nitrogen and oxygen atoms in total. The summed E-state index contributed by atoms with van der Waals surface area (Å²) in [4.78, 5) is 11.8. The molecule has 0 saturated heterocycles. The fourth-order valence-corrected chi connectivity index (χ4v) is 2.45. The van der Waals surface area contributed by atoms with Gasteiger partial charge in [0.25, 0.3) is 0 Å². The van der Waals surface area contributed by atoms with E-state index in [0.717, 1.165) is 24.5 Å². The van der Waals surface area contributed by atoms with Crippen LogP contribution < -0.4 is 15.8 Å². The third-order valence-corrected chi connectivity index (χ3v) is 3.68. The molecule has 0 radical (unpaired) electrons. The Kier molecular flexibility index (Phi) is 7.91. The van der Waals surface area contributed by atoms with Crippen molar-refractivity contribution >= 4 is 29.0 Å². The fraction of sp³-hybridized carbons (Fsp3) is 0.500. The summed E-state index contributed by atoms with van der Waals surface area (Å²) in [5, 5.41) is 2.83. The van der Waals surface area contributed by atoms with Gasteiger partial charge in [0, 0.05) is 37.6 Å². The van der Waals surface area contributed by atoms with Gasteiger partial charge in [-0.05, 0) is 24.3 Å². The summed E-state index contributed by atoms with van der Waals surface area (Å²) in [6.45, 7) is 0.766. The summed E-state index contributed by atoms with van der Waals surface area (Å²) < 4.78 is 10.2. The maximum Gasteiger partial charge on any atom is 0.225 e. The summed E-state index contributed by atoms with van der Waals surface area (Å²) in [5.74, 6) is 2.36. The highest BCUT2D eigenvalue weighted by atomic mass is 32.2. The molecule has 0 spiro atoms. The van der Waals surface area contributed by atoms with E-state index in [1.807, 2.05) is 0 Å². The van der Waals surface area contributed by atoms with Gasteiger partial charge < -0.3 is 20.5 Å². The second-order valence-electron chi connectivity index (χ2n) is 4.22. The zero-order chi connectivity index (χ0) is 14.8. The van der Waals surface area contributed by atoms with Crippen molar-refractivity contribution in [1.29, 1.82) is 0 Å². The second-order valence-corrected chi connectivity index (χ2v) is 5.44. The third-order valence-electron chi connectivity index (χ3n) is 2.61. The molecule has 0 saturated carbocycles. The molecule has 0 unspecified atom stereocenters. The van der Waals surface area contributed by atoms with Crippen molar-refractivity contribution in [3.8, 4) is 5.75 Å². The molecule has 0 aliphatic carbocycles. The monoisotopic (exact) mass is 298 g/mol. The summed E-state index contributed by atoms with van der Waals surface area (Å²) in [6, 6.07) is 5.17. The van der Waals surface area contributed by atoms with E-state index in [1.54, 1.807) is 44.2 Å². The topological polar surface area (TPSA) is 73.6 Å². The summed E-state index contributed by atoms with van der Waals surface area (Å²) in [6.07, 6.45) is 1.49. The van der Waals surface area contributed by atoms with Crippen LogP contribution >= 0.6 is 11.8 Å². The molecule has 1 rings (SSSR count). The molecule has 0 atom stereocenters.